The van der Waals surface area contributed by atoms with Crippen molar-refractivity contribution in [3.63, 3.8) is 0 Å². The minimum atomic E-state index is -0.275. The molecule has 1 aromatic carbocycles. The third-order valence-corrected chi connectivity index (χ3v) is 4.13. The van der Waals surface area contributed by atoms with Crippen LogP contribution in [0, 0.1) is 10.5 Å². The second kappa shape index (κ2) is 6.49. The lowest BCUT2D eigenvalue weighted by atomic mass is 10.1. The van der Waals surface area contributed by atoms with E-state index >= 15 is 0 Å². The van der Waals surface area contributed by atoms with E-state index in [9.17, 15) is 4.79 Å². The van der Waals surface area contributed by atoms with E-state index in [1.54, 1.807) is 24.3 Å². The minimum absolute atomic E-state index is 0.275. The summed E-state index contributed by atoms with van der Waals surface area (Å²) >= 11 is 2.07. The molecule has 0 unspecified atom stereocenters. The molecule has 0 saturated carbocycles. The smallest absolute Gasteiger partial charge is 0.277 e. The molecule has 7 nitrogen and oxygen atoms in total. The molecule has 0 atom stereocenters. The average molecular weight is 422 g/mol. The summed E-state index contributed by atoms with van der Waals surface area (Å²) in [6.45, 7) is 2.65. The van der Waals surface area contributed by atoms with Crippen molar-refractivity contribution < 1.29 is 4.79 Å². The second-order valence-corrected chi connectivity index (χ2v) is 6.33. The van der Waals surface area contributed by atoms with Crippen LogP contribution in [0.4, 0.5) is 5.95 Å². The molecule has 0 spiro atoms. The highest BCUT2D eigenvalue weighted by Crippen LogP contribution is 2.12. The van der Waals surface area contributed by atoms with Gasteiger partial charge in [0.1, 0.15) is 12.0 Å². The zero-order chi connectivity index (χ0) is 16.4. The van der Waals surface area contributed by atoms with Gasteiger partial charge in [0.25, 0.3) is 5.91 Å². The molecule has 1 amide bonds. The summed E-state index contributed by atoms with van der Waals surface area (Å²) in [7, 11) is 1.72. The maximum Gasteiger partial charge on any atom is 0.277 e. The number of carbonyl (C=O) groups is 1. The molecule has 0 aliphatic heterocycles. The van der Waals surface area contributed by atoms with Crippen LogP contribution in [0.2, 0.25) is 0 Å². The van der Waals surface area contributed by atoms with Gasteiger partial charge in [0.15, 0.2) is 0 Å². The highest BCUT2D eigenvalue weighted by Gasteiger charge is 2.16. The first-order valence-corrected chi connectivity index (χ1v) is 8.04. The molecule has 23 heavy (non-hydrogen) atoms. The van der Waals surface area contributed by atoms with Gasteiger partial charge in [-0.25, -0.2) is 9.67 Å². The van der Waals surface area contributed by atoms with Crippen molar-refractivity contribution in [3.8, 4) is 0 Å². The molecule has 0 aliphatic rings. The summed E-state index contributed by atoms with van der Waals surface area (Å²) in [5.74, 6) is 0.00148. The van der Waals surface area contributed by atoms with Crippen LogP contribution in [0.25, 0.3) is 0 Å². The van der Waals surface area contributed by atoms with E-state index in [1.165, 1.54) is 10.2 Å². The summed E-state index contributed by atoms with van der Waals surface area (Å²) in [6.07, 6.45) is 3.24. The Morgan fingerprint density at radius 2 is 2.04 bits per heavy atom. The van der Waals surface area contributed by atoms with Gasteiger partial charge >= 0.3 is 0 Å². The Kier molecular flexibility index (Phi) is 4.42. The zero-order valence-electron chi connectivity index (χ0n) is 12.7. The Morgan fingerprint density at radius 3 is 2.70 bits per heavy atom. The lowest BCUT2D eigenvalue weighted by Gasteiger charge is -2.03. The first-order valence-electron chi connectivity index (χ1n) is 6.97. The van der Waals surface area contributed by atoms with Crippen molar-refractivity contribution in [1.29, 1.82) is 0 Å². The summed E-state index contributed by atoms with van der Waals surface area (Å²) < 4.78 is 4.00. The number of anilines is 1. The number of amides is 1. The maximum atomic E-state index is 12.3. The van der Waals surface area contributed by atoms with Crippen molar-refractivity contribution in [2.24, 2.45) is 7.05 Å². The Balaban J connectivity index is 1.70. The molecule has 1 N–H and O–H groups in total. The summed E-state index contributed by atoms with van der Waals surface area (Å²) in [5.41, 5.74) is 2.83. The van der Waals surface area contributed by atoms with Crippen molar-refractivity contribution in [3.05, 3.63) is 57.2 Å². The number of aryl methyl sites for hydroxylation is 2. The number of rotatable bonds is 4. The number of aromatic nitrogens is 5. The first-order chi connectivity index (χ1) is 11.0. The molecule has 0 radical (unpaired) electrons. The SMILES string of the molecule is Cc1ccc(Cn2cnc(NC(=O)c3c(I)cnn3C)n2)cc1. The number of hydrogen-bond acceptors (Lipinski definition) is 4. The number of nitrogens with zero attached hydrogens (tertiary/aromatic N) is 5. The summed E-state index contributed by atoms with van der Waals surface area (Å²) in [6, 6.07) is 8.21. The predicted octanol–water partition coefficient (Wildman–Crippen LogP) is 2.23. The molecule has 118 valence electrons. The van der Waals surface area contributed by atoms with Crippen LogP contribution in [0.1, 0.15) is 21.6 Å². The molecule has 0 aliphatic carbocycles. The van der Waals surface area contributed by atoms with Crippen molar-refractivity contribution in [2.75, 3.05) is 5.32 Å². The zero-order valence-corrected chi connectivity index (χ0v) is 14.9. The van der Waals surface area contributed by atoms with Crippen molar-refractivity contribution in [1.82, 2.24) is 24.5 Å². The predicted molar refractivity (Wildman–Crippen MR) is 94.2 cm³/mol. The third kappa shape index (κ3) is 3.58. The van der Waals surface area contributed by atoms with Crippen LogP contribution >= 0.6 is 22.6 Å². The van der Waals surface area contributed by atoms with Crippen LogP contribution < -0.4 is 5.32 Å². The Hall–Kier alpha value is -2.23. The van der Waals surface area contributed by atoms with E-state index in [-0.39, 0.29) is 11.9 Å². The summed E-state index contributed by atoms with van der Waals surface area (Å²) in [4.78, 5) is 16.4. The van der Waals surface area contributed by atoms with Crippen molar-refractivity contribution in [2.45, 2.75) is 13.5 Å². The van der Waals surface area contributed by atoms with Gasteiger partial charge in [0.05, 0.1) is 16.3 Å². The molecule has 2 heterocycles. The van der Waals surface area contributed by atoms with Gasteiger partial charge in [-0.2, -0.15) is 5.10 Å². The van der Waals surface area contributed by atoms with Crippen LogP contribution in [0.15, 0.2) is 36.8 Å². The average Bonchev–Trinajstić information content (AvgIpc) is 3.08. The number of nitrogens with one attached hydrogen (secondary N) is 1. The Morgan fingerprint density at radius 1 is 1.30 bits per heavy atom. The second-order valence-electron chi connectivity index (χ2n) is 5.17. The van der Waals surface area contributed by atoms with Gasteiger partial charge in [0.2, 0.25) is 5.95 Å². The maximum absolute atomic E-state index is 12.3. The Labute approximate surface area is 146 Å². The van der Waals surface area contributed by atoms with Crippen LogP contribution in [-0.4, -0.2) is 30.5 Å². The topological polar surface area (TPSA) is 77.6 Å². The number of halogens is 1. The van der Waals surface area contributed by atoms with Gasteiger partial charge in [-0.3, -0.25) is 14.8 Å². The molecule has 8 heteroatoms. The number of hydrogen-bond donors (Lipinski definition) is 1. The summed E-state index contributed by atoms with van der Waals surface area (Å²) in [5, 5.41) is 11.0. The Bertz CT molecular complexity index is 817. The molecule has 0 saturated heterocycles. The lowest BCUT2D eigenvalue weighted by Crippen LogP contribution is -2.18. The van der Waals surface area contributed by atoms with Gasteiger partial charge in [0, 0.05) is 7.05 Å². The van der Waals surface area contributed by atoms with E-state index in [4.69, 9.17) is 0 Å². The number of carbonyl (C=O) groups excluding carboxylic acids is 1. The highest BCUT2D eigenvalue weighted by molar-refractivity contribution is 14.1. The van der Waals surface area contributed by atoms with Crippen LogP contribution in [0.3, 0.4) is 0 Å². The standard InChI is InChI=1S/C15H15IN6O/c1-10-3-5-11(6-4-10)8-22-9-17-15(20-22)19-14(23)13-12(16)7-18-21(13)2/h3-7,9H,8H2,1-2H3,(H,19,20,23). The molecular formula is C15H15IN6O. The molecule has 3 aromatic rings. The fraction of sp³-hybridized carbons (Fsp3) is 0.200. The van der Waals surface area contributed by atoms with E-state index in [2.05, 4.69) is 55.2 Å². The number of benzene rings is 1. The monoisotopic (exact) mass is 422 g/mol. The normalized spacial score (nSPS) is 10.7. The molecule has 0 fully saturated rings. The van der Waals surface area contributed by atoms with E-state index in [0.29, 0.717) is 12.2 Å². The fourth-order valence-corrected chi connectivity index (χ4v) is 2.85. The van der Waals surface area contributed by atoms with Gasteiger partial charge in [-0.05, 0) is 35.1 Å². The minimum Gasteiger partial charge on any atom is -0.288 e. The van der Waals surface area contributed by atoms with Crippen molar-refractivity contribution >= 4 is 34.4 Å². The molecule has 3 rings (SSSR count). The van der Waals surface area contributed by atoms with Gasteiger partial charge in [-0.1, -0.05) is 29.8 Å². The van der Waals surface area contributed by atoms with Crippen LogP contribution in [-0.2, 0) is 13.6 Å². The fourth-order valence-electron chi connectivity index (χ4n) is 2.14. The van der Waals surface area contributed by atoms with Crippen LogP contribution in [0.5, 0.6) is 0 Å². The highest BCUT2D eigenvalue weighted by atomic mass is 127. The van der Waals surface area contributed by atoms with Gasteiger partial charge in [-0.15, -0.1) is 5.10 Å². The van der Waals surface area contributed by atoms with E-state index < -0.39 is 0 Å². The third-order valence-electron chi connectivity index (χ3n) is 3.34. The van der Waals surface area contributed by atoms with Gasteiger partial charge < -0.3 is 0 Å². The quantitative estimate of drug-likeness (QED) is 0.655. The molecule has 0 bridgehead atoms. The van der Waals surface area contributed by atoms with E-state index in [1.807, 2.05) is 19.1 Å². The lowest BCUT2D eigenvalue weighted by molar-refractivity contribution is 0.101. The molecular weight excluding hydrogens is 407 g/mol. The first kappa shape index (κ1) is 15.7. The molecule has 2 aromatic heterocycles. The van der Waals surface area contributed by atoms with E-state index in [0.717, 1.165) is 9.13 Å². The largest absolute Gasteiger partial charge is 0.288 e.